The van der Waals surface area contributed by atoms with Crippen LogP contribution < -0.4 is 4.74 Å². The molecule has 4 heteroatoms. The average molecular weight is 249 g/mol. The number of carbonyl (C=O) groups is 1. The maximum Gasteiger partial charge on any atom is 0.308 e. The van der Waals surface area contributed by atoms with Gasteiger partial charge in [0.05, 0.1) is 13.0 Å². The lowest BCUT2D eigenvalue weighted by molar-refractivity contribution is -0.142. The number of rotatable bonds is 3. The van der Waals surface area contributed by atoms with Gasteiger partial charge in [-0.1, -0.05) is 12.1 Å². The minimum atomic E-state index is -0.715. The molecule has 0 aliphatic carbocycles. The zero-order valence-corrected chi connectivity index (χ0v) is 11.0. The van der Waals surface area contributed by atoms with Crippen molar-refractivity contribution in [3.8, 4) is 5.75 Å². The zero-order chi connectivity index (χ0) is 13.3. The zero-order valence-electron chi connectivity index (χ0n) is 11.0. The first kappa shape index (κ1) is 12.9. The molecule has 1 fully saturated rings. The van der Waals surface area contributed by atoms with Crippen molar-refractivity contribution in [1.29, 1.82) is 0 Å². The Hall–Kier alpha value is -1.55. The molecular formula is C14H19NO3. The minimum absolute atomic E-state index is 0.0495. The van der Waals surface area contributed by atoms with E-state index < -0.39 is 5.97 Å². The molecule has 0 bridgehead atoms. The highest BCUT2D eigenvalue weighted by molar-refractivity contribution is 5.73. The third kappa shape index (κ3) is 2.20. The predicted octanol–water partition coefficient (Wildman–Crippen LogP) is 1.81. The second-order valence-electron chi connectivity index (χ2n) is 4.92. The number of aliphatic carboxylic acids is 1. The van der Waals surface area contributed by atoms with Crippen molar-refractivity contribution >= 4 is 5.97 Å². The molecule has 1 aromatic rings. The van der Waals surface area contributed by atoms with Crippen LogP contribution >= 0.6 is 0 Å². The van der Waals surface area contributed by atoms with Crippen molar-refractivity contribution in [2.45, 2.75) is 18.9 Å². The summed E-state index contributed by atoms with van der Waals surface area (Å²) < 4.78 is 5.12. The fraction of sp³-hybridized carbons (Fsp3) is 0.500. The molecule has 1 aliphatic rings. The third-order valence-electron chi connectivity index (χ3n) is 3.96. The number of carboxylic acids is 1. The van der Waals surface area contributed by atoms with E-state index in [9.17, 15) is 9.90 Å². The molecule has 18 heavy (non-hydrogen) atoms. The van der Waals surface area contributed by atoms with Gasteiger partial charge in [0.2, 0.25) is 0 Å². The molecule has 3 atom stereocenters. The summed E-state index contributed by atoms with van der Waals surface area (Å²) in [5.41, 5.74) is 1.07. The van der Waals surface area contributed by atoms with Gasteiger partial charge in [-0.2, -0.15) is 0 Å². The van der Waals surface area contributed by atoms with Crippen molar-refractivity contribution in [2.24, 2.45) is 5.92 Å². The van der Waals surface area contributed by atoms with Crippen LogP contribution in [-0.2, 0) is 4.79 Å². The fourth-order valence-electron chi connectivity index (χ4n) is 2.74. The molecule has 98 valence electrons. The summed E-state index contributed by atoms with van der Waals surface area (Å²) in [6, 6.07) is 7.76. The number of likely N-dealkylation sites (tertiary alicyclic amines) is 1. The molecule has 2 rings (SSSR count). The number of ether oxygens (including phenoxy) is 1. The topological polar surface area (TPSA) is 49.8 Å². The van der Waals surface area contributed by atoms with Crippen LogP contribution in [0.2, 0.25) is 0 Å². The molecule has 0 spiro atoms. The summed E-state index contributed by atoms with van der Waals surface area (Å²) in [6.07, 6.45) is 0. The van der Waals surface area contributed by atoms with E-state index in [4.69, 9.17) is 4.74 Å². The van der Waals surface area contributed by atoms with Crippen LogP contribution in [0.1, 0.15) is 18.4 Å². The van der Waals surface area contributed by atoms with Gasteiger partial charge in [-0.25, -0.2) is 0 Å². The number of nitrogens with zero attached hydrogens (tertiary/aromatic N) is 1. The van der Waals surface area contributed by atoms with E-state index >= 15 is 0 Å². The molecule has 0 amide bonds. The second-order valence-corrected chi connectivity index (χ2v) is 4.92. The highest BCUT2D eigenvalue weighted by atomic mass is 16.5. The van der Waals surface area contributed by atoms with E-state index in [0.717, 1.165) is 17.9 Å². The number of hydrogen-bond donors (Lipinski definition) is 1. The van der Waals surface area contributed by atoms with Crippen molar-refractivity contribution in [1.82, 2.24) is 4.90 Å². The smallest absolute Gasteiger partial charge is 0.308 e. The molecule has 1 aromatic carbocycles. The Kier molecular flexibility index (Phi) is 3.57. The van der Waals surface area contributed by atoms with E-state index in [1.165, 1.54) is 0 Å². The lowest BCUT2D eigenvalue weighted by atomic mass is 9.86. The number of benzene rings is 1. The Morgan fingerprint density at radius 3 is 2.50 bits per heavy atom. The summed E-state index contributed by atoms with van der Waals surface area (Å²) >= 11 is 0. The highest BCUT2D eigenvalue weighted by Crippen LogP contribution is 2.37. The molecule has 1 aliphatic heterocycles. The van der Waals surface area contributed by atoms with Gasteiger partial charge in [0.25, 0.3) is 0 Å². The predicted molar refractivity (Wildman–Crippen MR) is 69.0 cm³/mol. The first-order valence-electron chi connectivity index (χ1n) is 6.11. The van der Waals surface area contributed by atoms with Gasteiger partial charge in [-0.3, -0.25) is 4.79 Å². The van der Waals surface area contributed by atoms with Gasteiger partial charge in [0.1, 0.15) is 5.75 Å². The molecule has 0 radical (unpaired) electrons. The van der Waals surface area contributed by atoms with Crippen LogP contribution in [0.5, 0.6) is 5.75 Å². The lowest BCUT2D eigenvalue weighted by Gasteiger charge is -2.19. The van der Waals surface area contributed by atoms with E-state index in [-0.39, 0.29) is 17.9 Å². The van der Waals surface area contributed by atoms with Crippen molar-refractivity contribution < 1.29 is 14.6 Å². The summed E-state index contributed by atoms with van der Waals surface area (Å²) in [7, 11) is 3.60. The monoisotopic (exact) mass is 249 g/mol. The Morgan fingerprint density at radius 2 is 2.00 bits per heavy atom. The SMILES string of the molecule is COc1ccc(C2CN(C)C(C)C2C(=O)O)cc1. The summed E-state index contributed by atoms with van der Waals surface area (Å²) in [6.45, 7) is 2.76. The van der Waals surface area contributed by atoms with Crippen LogP contribution in [0.4, 0.5) is 0 Å². The highest BCUT2D eigenvalue weighted by Gasteiger charge is 2.42. The van der Waals surface area contributed by atoms with E-state index in [1.807, 2.05) is 38.2 Å². The average Bonchev–Trinajstić information content (AvgIpc) is 2.66. The van der Waals surface area contributed by atoms with Crippen LogP contribution in [0.15, 0.2) is 24.3 Å². The minimum Gasteiger partial charge on any atom is -0.497 e. The van der Waals surface area contributed by atoms with E-state index in [2.05, 4.69) is 4.90 Å². The third-order valence-corrected chi connectivity index (χ3v) is 3.96. The van der Waals surface area contributed by atoms with Gasteiger partial charge >= 0.3 is 5.97 Å². The number of carboxylic acid groups (broad SMARTS) is 1. The van der Waals surface area contributed by atoms with Crippen molar-refractivity contribution in [3.05, 3.63) is 29.8 Å². The first-order valence-corrected chi connectivity index (χ1v) is 6.11. The largest absolute Gasteiger partial charge is 0.497 e. The molecule has 1 heterocycles. The number of hydrogen-bond acceptors (Lipinski definition) is 3. The van der Waals surface area contributed by atoms with Gasteiger partial charge < -0.3 is 14.7 Å². The molecule has 4 nitrogen and oxygen atoms in total. The Morgan fingerprint density at radius 1 is 1.39 bits per heavy atom. The Bertz CT molecular complexity index is 429. The van der Waals surface area contributed by atoms with Crippen molar-refractivity contribution in [2.75, 3.05) is 20.7 Å². The summed E-state index contributed by atoms with van der Waals surface area (Å²) in [4.78, 5) is 13.5. The standard InChI is InChI=1S/C14H19NO3/c1-9-13(14(16)17)12(8-15(9)2)10-4-6-11(18-3)7-5-10/h4-7,9,12-13H,8H2,1-3H3,(H,16,17). The molecule has 0 saturated carbocycles. The maximum absolute atomic E-state index is 11.4. The van der Waals surface area contributed by atoms with Gasteiger partial charge in [0, 0.05) is 18.5 Å². The molecule has 1 saturated heterocycles. The molecule has 1 N–H and O–H groups in total. The molecule has 0 aromatic heterocycles. The normalized spacial score (nSPS) is 28.3. The summed E-state index contributed by atoms with van der Waals surface area (Å²) in [5.74, 6) is -0.213. The Labute approximate surface area is 107 Å². The van der Waals surface area contributed by atoms with Crippen LogP contribution in [0.25, 0.3) is 0 Å². The van der Waals surface area contributed by atoms with E-state index in [1.54, 1.807) is 7.11 Å². The van der Waals surface area contributed by atoms with E-state index in [0.29, 0.717) is 0 Å². The second kappa shape index (κ2) is 4.98. The van der Waals surface area contributed by atoms with Crippen molar-refractivity contribution in [3.63, 3.8) is 0 Å². The summed E-state index contributed by atoms with van der Waals surface area (Å²) in [5, 5.41) is 9.38. The number of methoxy groups -OCH3 is 1. The number of likely N-dealkylation sites (N-methyl/N-ethyl adjacent to an activating group) is 1. The Balaban J connectivity index is 2.27. The maximum atomic E-state index is 11.4. The van der Waals surface area contributed by atoms with Crippen LogP contribution in [0.3, 0.4) is 0 Å². The van der Waals surface area contributed by atoms with Gasteiger partial charge in [-0.05, 0) is 31.7 Å². The molecule has 3 unspecified atom stereocenters. The lowest BCUT2D eigenvalue weighted by Crippen LogP contribution is -2.30. The van der Waals surface area contributed by atoms with Gasteiger partial charge in [0.15, 0.2) is 0 Å². The fourth-order valence-corrected chi connectivity index (χ4v) is 2.74. The van der Waals surface area contributed by atoms with Gasteiger partial charge in [-0.15, -0.1) is 0 Å². The van der Waals surface area contributed by atoms with Crippen LogP contribution in [0, 0.1) is 5.92 Å². The quantitative estimate of drug-likeness (QED) is 0.887. The molecular weight excluding hydrogens is 230 g/mol. The first-order chi connectivity index (χ1) is 8.54. The van der Waals surface area contributed by atoms with Crippen LogP contribution in [-0.4, -0.2) is 42.7 Å².